The van der Waals surface area contributed by atoms with Gasteiger partial charge in [0, 0.05) is 10.8 Å². The molecule has 9 rings (SSSR count). The van der Waals surface area contributed by atoms with Crippen LogP contribution in [0, 0.1) is 0 Å². The van der Waals surface area contributed by atoms with Crippen molar-refractivity contribution < 1.29 is 16.8 Å². The molecule has 1 heteroatoms. The first-order valence-corrected chi connectivity index (χ1v) is 14.7. The third-order valence-corrected chi connectivity index (χ3v) is 8.42. The molecule has 0 amide bonds. The third kappa shape index (κ3) is 4.17. The fourth-order valence-electron chi connectivity index (χ4n) is 6.50. The van der Waals surface area contributed by atoms with Crippen molar-refractivity contribution in [1.82, 2.24) is 0 Å². The van der Waals surface area contributed by atoms with E-state index >= 15 is 0 Å². The van der Waals surface area contributed by atoms with Gasteiger partial charge in [0.05, 0.1) is 12.3 Å². The van der Waals surface area contributed by atoms with Gasteiger partial charge >= 0.3 is 0 Å². The Balaban J connectivity index is 1.32. The molecule has 0 aliphatic rings. The highest BCUT2D eigenvalue weighted by Crippen LogP contribution is 2.45. The highest BCUT2D eigenvalue weighted by molar-refractivity contribution is 6.22. The van der Waals surface area contributed by atoms with Gasteiger partial charge in [-0.15, -0.1) is 0 Å². The minimum Gasteiger partial charge on any atom is -0.456 e. The smallest absolute Gasteiger partial charge is 0.136 e. The zero-order chi connectivity index (χ0) is 37.6. The molecule has 0 saturated heterocycles. The van der Waals surface area contributed by atoms with E-state index in [2.05, 4.69) is 0 Å². The number of hydrogen-bond donors (Lipinski definition) is 0. The van der Waals surface area contributed by atoms with Crippen LogP contribution in [0.25, 0.3) is 88.0 Å². The topological polar surface area (TPSA) is 13.1 Å². The fourth-order valence-corrected chi connectivity index (χ4v) is 6.50. The summed E-state index contributed by atoms with van der Waals surface area (Å²) in [6.07, 6.45) is 0. The molecule has 0 radical (unpaired) electrons. The van der Waals surface area contributed by atoms with Crippen LogP contribution in [-0.2, 0) is 0 Å². The van der Waals surface area contributed by atoms with E-state index in [9.17, 15) is 1.37 Å². The number of furan rings is 1. The first-order chi connectivity index (χ1) is 26.1. The van der Waals surface area contributed by atoms with Gasteiger partial charge in [-0.25, -0.2) is 0 Å². The quantitative estimate of drug-likeness (QED) is 0.188. The first-order valence-electron chi connectivity index (χ1n) is 19.2. The van der Waals surface area contributed by atoms with Crippen molar-refractivity contribution in [1.29, 1.82) is 0 Å². The minimum absolute atomic E-state index is 0.0221. The average molecular weight is 582 g/mol. The van der Waals surface area contributed by atoms with Gasteiger partial charge in [-0.05, 0) is 90.3 Å². The lowest BCUT2D eigenvalue weighted by Crippen LogP contribution is -1.91. The minimum atomic E-state index is -0.448. The first kappa shape index (κ1) is 18.0. The maximum Gasteiger partial charge on any atom is 0.136 e. The number of benzene rings is 8. The van der Waals surface area contributed by atoms with Gasteiger partial charge in [-0.3, -0.25) is 0 Å². The third-order valence-electron chi connectivity index (χ3n) is 8.42. The molecule has 0 spiro atoms. The molecule has 1 heterocycles. The van der Waals surface area contributed by atoms with Crippen LogP contribution in [0.1, 0.15) is 12.3 Å². The van der Waals surface area contributed by atoms with Crippen LogP contribution in [0.3, 0.4) is 0 Å². The van der Waals surface area contributed by atoms with Gasteiger partial charge in [0.2, 0.25) is 0 Å². The number of fused-ring (bicyclic) bond motifs is 5. The maximum atomic E-state index is 9.46. The second-order valence-electron chi connectivity index (χ2n) is 10.9. The van der Waals surface area contributed by atoms with Gasteiger partial charge in [-0.2, -0.15) is 0 Å². The summed E-state index contributed by atoms with van der Waals surface area (Å²) >= 11 is 0. The average Bonchev–Trinajstić information content (AvgIpc) is 3.57. The highest BCUT2D eigenvalue weighted by Gasteiger charge is 2.19. The Morgan fingerprint density at radius 1 is 0.400 bits per heavy atom. The van der Waals surface area contributed by atoms with Crippen molar-refractivity contribution >= 4 is 43.5 Å². The molecule has 0 unspecified atom stereocenters. The lowest BCUT2D eigenvalue weighted by Gasteiger charge is -2.18. The van der Waals surface area contributed by atoms with Crippen molar-refractivity contribution in [3.8, 4) is 44.5 Å². The molecule has 1 aromatic heterocycles. The second-order valence-corrected chi connectivity index (χ2v) is 10.9. The largest absolute Gasteiger partial charge is 0.456 e. The van der Waals surface area contributed by atoms with Crippen LogP contribution in [0.15, 0.2) is 174 Å². The maximum absolute atomic E-state index is 9.46. The predicted molar refractivity (Wildman–Crippen MR) is 190 cm³/mol. The van der Waals surface area contributed by atoms with Crippen molar-refractivity contribution in [3.05, 3.63) is 170 Å². The van der Waals surface area contributed by atoms with E-state index in [4.69, 9.17) is 15.4 Å². The molecule has 0 saturated carbocycles. The Bertz CT molecular complexity index is 2960. The van der Waals surface area contributed by atoms with E-state index in [1.807, 2.05) is 97.1 Å². The molecule has 210 valence electrons. The van der Waals surface area contributed by atoms with Crippen molar-refractivity contribution in [2.24, 2.45) is 0 Å². The summed E-state index contributed by atoms with van der Waals surface area (Å²) in [5.74, 6) is 0. The summed E-state index contributed by atoms with van der Waals surface area (Å²) < 4.78 is 84.6. The van der Waals surface area contributed by atoms with Crippen LogP contribution in [0.2, 0.25) is 0 Å². The summed E-state index contributed by atoms with van der Waals surface area (Å²) in [4.78, 5) is 0. The Morgan fingerprint density at radius 3 is 1.73 bits per heavy atom. The summed E-state index contributed by atoms with van der Waals surface area (Å²) in [5.41, 5.74) is 5.30. The normalized spacial score (nSPS) is 14.4. The molecule has 1 nitrogen and oxygen atoms in total. The van der Waals surface area contributed by atoms with E-state index < -0.39 is 18.1 Å². The van der Waals surface area contributed by atoms with Crippen LogP contribution in [0.4, 0.5) is 0 Å². The SMILES string of the molecule is [2H]c1c([2H])c([2H])c(-c2cccc3oc4cc(-c5c6ccccc6c(-c6c([2H])c([2H])c([2H])c(-c7ccccc7)c6[2H])c6ccccc56)ccc4c23)c([2H])c1[2H]. The molecule has 0 aliphatic carbocycles. The molecule has 0 bridgehead atoms. The Morgan fingerprint density at radius 2 is 1.02 bits per heavy atom. The molecule has 0 aliphatic heterocycles. The molecular weight excluding hydrogens is 544 g/mol. The molecule has 8 aromatic carbocycles. The summed E-state index contributed by atoms with van der Waals surface area (Å²) in [6, 6.07) is 33.6. The lowest BCUT2D eigenvalue weighted by molar-refractivity contribution is 0.669. The van der Waals surface area contributed by atoms with Gasteiger partial charge in [-0.1, -0.05) is 145 Å². The summed E-state index contributed by atoms with van der Waals surface area (Å²) in [6.45, 7) is 0. The highest BCUT2D eigenvalue weighted by atomic mass is 16.3. The summed E-state index contributed by atoms with van der Waals surface area (Å²) in [5, 5.41) is 4.68. The standard InChI is InChI=1S/C44H28O/c1-3-13-29(14-4-1)31-17-11-18-32(27-31)42-35-19-7-9-21-37(35)43(38-22-10-8-20-36(38)42)33-25-26-39-41(28-33)45-40-24-12-23-34(44(39)40)30-15-5-2-6-16-30/h1-28H/i2D,5D,6D,11D,15D,16D,17D,18D,27D. The van der Waals surface area contributed by atoms with Crippen molar-refractivity contribution in [2.45, 2.75) is 0 Å². The van der Waals surface area contributed by atoms with E-state index in [1.54, 1.807) is 18.2 Å². The molecule has 0 N–H and O–H groups in total. The van der Waals surface area contributed by atoms with Gasteiger partial charge in [0.15, 0.2) is 0 Å². The monoisotopic (exact) mass is 581 g/mol. The Hall–Kier alpha value is -5.92. The molecule has 45 heavy (non-hydrogen) atoms. The second kappa shape index (κ2) is 10.4. The Labute approximate surface area is 274 Å². The van der Waals surface area contributed by atoms with E-state index in [-0.39, 0.29) is 41.8 Å². The van der Waals surface area contributed by atoms with E-state index in [0.717, 1.165) is 38.1 Å². The van der Waals surface area contributed by atoms with Crippen LogP contribution < -0.4 is 0 Å². The van der Waals surface area contributed by atoms with Gasteiger partial charge in [0.25, 0.3) is 0 Å². The van der Waals surface area contributed by atoms with Crippen LogP contribution in [0.5, 0.6) is 0 Å². The molecule has 9 aromatic rings. The molecule has 0 fully saturated rings. The Kier molecular flexibility index (Phi) is 4.15. The van der Waals surface area contributed by atoms with Crippen LogP contribution >= 0.6 is 0 Å². The zero-order valence-corrected chi connectivity index (χ0v) is 23.9. The number of hydrogen-bond acceptors (Lipinski definition) is 1. The van der Waals surface area contributed by atoms with Gasteiger partial charge in [0.1, 0.15) is 11.2 Å². The van der Waals surface area contributed by atoms with Crippen molar-refractivity contribution in [3.63, 3.8) is 0 Å². The van der Waals surface area contributed by atoms with Crippen molar-refractivity contribution in [2.75, 3.05) is 0 Å². The molecule has 0 atom stereocenters. The molecular formula is C44H28O. The predicted octanol–water partition coefficient (Wildman–Crippen LogP) is 12.6. The zero-order valence-electron chi connectivity index (χ0n) is 32.9. The summed E-state index contributed by atoms with van der Waals surface area (Å²) in [7, 11) is 0. The lowest BCUT2D eigenvalue weighted by atomic mass is 9.85. The fraction of sp³-hybridized carbons (Fsp3) is 0. The van der Waals surface area contributed by atoms with E-state index in [1.165, 1.54) is 0 Å². The van der Waals surface area contributed by atoms with Crippen LogP contribution in [-0.4, -0.2) is 0 Å². The van der Waals surface area contributed by atoms with E-state index in [0.29, 0.717) is 44.4 Å². The van der Waals surface area contributed by atoms with Gasteiger partial charge < -0.3 is 4.42 Å². The number of rotatable bonds is 4.